The highest BCUT2D eigenvalue weighted by Gasteiger charge is 2.68. The van der Waals surface area contributed by atoms with Crippen LogP contribution in [0.3, 0.4) is 0 Å². The van der Waals surface area contributed by atoms with Gasteiger partial charge >= 0.3 is 0 Å². The second-order valence-corrected chi connectivity index (χ2v) is 7.31. The Morgan fingerprint density at radius 1 is 1.26 bits per heavy atom. The van der Waals surface area contributed by atoms with Crippen molar-refractivity contribution in [3.63, 3.8) is 0 Å². The van der Waals surface area contributed by atoms with Crippen LogP contribution in [-0.2, 0) is 4.79 Å². The van der Waals surface area contributed by atoms with Crippen molar-refractivity contribution in [3.05, 3.63) is 11.1 Å². The predicted molar refractivity (Wildman–Crippen MR) is 69.2 cm³/mol. The van der Waals surface area contributed by atoms with Gasteiger partial charge in [0.1, 0.15) is 6.10 Å². The molecule has 0 aliphatic heterocycles. The molecule has 0 spiro atoms. The predicted octanol–water partition coefficient (Wildman–Crippen LogP) is 0.652. The molecule has 0 bridgehead atoms. The first kappa shape index (κ1) is 13.3. The summed E-state index contributed by atoms with van der Waals surface area (Å²) in [6.07, 6.45) is -0.251. The van der Waals surface area contributed by atoms with E-state index in [1.807, 2.05) is 6.92 Å². The Morgan fingerprint density at radius 2 is 1.89 bits per heavy atom. The van der Waals surface area contributed by atoms with Crippen molar-refractivity contribution in [2.45, 2.75) is 45.8 Å². The smallest absolute Gasteiger partial charge is 0.189 e. The van der Waals surface area contributed by atoms with Crippen molar-refractivity contribution in [2.24, 2.45) is 22.7 Å². The van der Waals surface area contributed by atoms with Crippen LogP contribution in [0.1, 0.15) is 33.6 Å². The van der Waals surface area contributed by atoms with Crippen LogP contribution in [0.5, 0.6) is 0 Å². The summed E-state index contributed by atoms with van der Waals surface area (Å²) in [5.74, 6) is -0.0708. The van der Waals surface area contributed by atoms with Gasteiger partial charge < -0.3 is 15.3 Å². The topological polar surface area (TPSA) is 77.8 Å². The van der Waals surface area contributed by atoms with Crippen LogP contribution in [0.25, 0.3) is 0 Å². The second-order valence-electron chi connectivity index (χ2n) is 7.31. The molecule has 2 fully saturated rings. The van der Waals surface area contributed by atoms with E-state index in [9.17, 15) is 20.1 Å². The monoisotopic (exact) mass is 266 g/mol. The molecule has 5 atom stereocenters. The second kappa shape index (κ2) is 3.68. The molecule has 0 amide bonds. The molecule has 4 nitrogen and oxygen atoms in total. The van der Waals surface area contributed by atoms with E-state index in [-0.39, 0.29) is 29.6 Å². The Kier molecular flexibility index (Phi) is 2.58. The van der Waals surface area contributed by atoms with E-state index in [1.165, 1.54) is 0 Å². The molecule has 4 heteroatoms. The lowest BCUT2D eigenvalue weighted by Gasteiger charge is -2.56. The molecule has 0 saturated heterocycles. The van der Waals surface area contributed by atoms with E-state index < -0.39 is 17.6 Å². The van der Waals surface area contributed by atoms with Gasteiger partial charge in [-0.05, 0) is 37.0 Å². The number of rotatable bonds is 1. The molecule has 3 rings (SSSR count). The molecule has 106 valence electrons. The van der Waals surface area contributed by atoms with Gasteiger partial charge in [0.2, 0.25) is 0 Å². The van der Waals surface area contributed by atoms with Crippen LogP contribution >= 0.6 is 0 Å². The normalized spacial score (nSPS) is 47.8. The first-order valence-electron chi connectivity index (χ1n) is 6.99. The minimum Gasteiger partial charge on any atom is -0.395 e. The lowest BCUT2D eigenvalue weighted by Crippen LogP contribution is -2.68. The minimum absolute atomic E-state index is 0.0358. The third-order valence-corrected chi connectivity index (χ3v) is 5.67. The van der Waals surface area contributed by atoms with Crippen LogP contribution in [-0.4, -0.2) is 39.9 Å². The van der Waals surface area contributed by atoms with Gasteiger partial charge in [-0.2, -0.15) is 0 Å². The Labute approximate surface area is 113 Å². The molecule has 2 unspecified atom stereocenters. The van der Waals surface area contributed by atoms with Crippen LogP contribution in [0.15, 0.2) is 11.1 Å². The maximum Gasteiger partial charge on any atom is 0.189 e. The standard InChI is InChI=1S/C15H22O4/c1-7-8-4-14(2,3)5-9(8)12(18)15(6-16)10(7)11(17)13(15)19/h8-9,12-13,16,18-19H,4-6H2,1-3H3/t8?,9?,12-,13-,15+/m0/s1. The van der Waals surface area contributed by atoms with Gasteiger partial charge in [0.15, 0.2) is 5.78 Å². The summed E-state index contributed by atoms with van der Waals surface area (Å²) >= 11 is 0. The molecule has 3 aliphatic carbocycles. The third-order valence-electron chi connectivity index (χ3n) is 5.67. The summed E-state index contributed by atoms with van der Waals surface area (Å²) in [4.78, 5) is 11.9. The fourth-order valence-corrected chi connectivity index (χ4v) is 4.77. The van der Waals surface area contributed by atoms with Crippen molar-refractivity contribution in [3.8, 4) is 0 Å². The molecular formula is C15H22O4. The number of aliphatic hydroxyl groups excluding tert-OH is 3. The fourth-order valence-electron chi connectivity index (χ4n) is 4.77. The maximum absolute atomic E-state index is 11.9. The number of hydrogen-bond donors (Lipinski definition) is 3. The first-order valence-corrected chi connectivity index (χ1v) is 6.99. The molecule has 19 heavy (non-hydrogen) atoms. The Balaban J connectivity index is 2.12. The van der Waals surface area contributed by atoms with E-state index in [1.54, 1.807) is 0 Å². The van der Waals surface area contributed by atoms with E-state index in [0.29, 0.717) is 5.57 Å². The van der Waals surface area contributed by atoms with Gasteiger partial charge in [0, 0.05) is 5.57 Å². The van der Waals surface area contributed by atoms with Gasteiger partial charge in [-0.15, -0.1) is 0 Å². The molecule has 0 radical (unpaired) electrons. The zero-order valence-electron chi connectivity index (χ0n) is 11.7. The number of carbonyl (C=O) groups excluding carboxylic acids is 1. The molecule has 0 aromatic rings. The molecule has 3 N–H and O–H groups in total. The summed E-state index contributed by atoms with van der Waals surface area (Å²) in [6, 6.07) is 0. The number of fused-ring (bicyclic) bond motifs is 2. The van der Waals surface area contributed by atoms with Crippen LogP contribution < -0.4 is 0 Å². The highest BCUT2D eigenvalue weighted by atomic mass is 16.3. The Morgan fingerprint density at radius 3 is 2.47 bits per heavy atom. The van der Waals surface area contributed by atoms with Crippen LogP contribution in [0, 0.1) is 22.7 Å². The summed E-state index contributed by atoms with van der Waals surface area (Å²) in [5.41, 5.74) is 0.481. The number of Topliss-reactive ketones (excluding diaryl/α,β-unsaturated/α-hetero) is 1. The molecule has 0 heterocycles. The lowest BCUT2D eigenvalue weighted by atomic mass is 9.50. The van der Waals surface area contributed by atoms with Gasteiger partial charge in [0.25, 0.3) is 0 Å². The lowest BCUT2D eigenvalue weighted by molar-refractivity contribution is -0.171. The number of carbonyl (C=O) groups is 1. The number of allylic oxidation sites excluding steroid dienone is 1. The summed E-state index contributed by atoms with van der Waals surface area (Å²) < 4.78 is 0. The SMILES string of the molecule is CC1=C2C(=O)[C@H](O)[C@@]2(CO)[C@@H](O)C2CC(C)(C)CC12. The van der Waals surface area contributed by atoms with Crippen molar-refractivity contribution < 1.29 is 20.1 Å². The highest BCUT2D eigenvalue weighted by molar-refractivity contribution is 6.09. The largest absolute Gasteiger partial charge is 0.395 e. The van der Waals surface area contributed by atoms with Crippen molar-refractivity contribution in [2.75, 3.05) is 6.61 Å². The quantitative estimate of drug-likeness (QED) is 0.651. The van der Waals surface area contributed by atoms with Gasteiger partial charge in [-0.3, -0.25) is 4.79 Å². The molecule has 0 aromatic carbocycles. The van der Waals surface area contributed by atoms with Crippen molar-refractivity contribution >= 4 is 5.78 Å². The summed E-state index contributed by atoms with van der Waals surface area (Å²) in [7, 11) is 0. The van der Waals surface area contributed by atoms with Gasteiger partial charge in [-0.25, -0.2) is 0 Å². The van der Waals surface area contributed by atoms with Gasteiger partial charge in [0.05, 0.1) is 18.1 Å². The van der Waals surface area contributed by atoms with Crippen LogP contribution in [0.4, 0.5) is 0 Å². The molecule has 2 saturated carbocycles. The summed E-state index contributed by atoms with van der Waals surface area (Å²) in [6.45, 7) is 5.90. The number of aliphatic hydroxyl groups is 3. The average Bonchev–Trinajstić information content (AvgIpc) is 2.68. The van der Waals surface area contributed by atoms with E-state index in [0.717, 1.165) is 18.4 Å². The highest BCUT2D eigenvalue weighted by Crippen LogP contribution is 2.62. The minimum atomic E-state index is -1.25. The van der Waals surface area contributed by atoms with E-state index in [4.69, 9.17) is 0 Å². The van der Waals surface area contributed by atoms with Crippen molar-refractivity contribution in [1.82, 2.24) is 0 Å². The zero-order chi connectivity index (χ0) is 14.2. The maximum atomic E-state index is 11.9. The average molecular weight is 266 g/mol. The van der Waals surface area contributed by atoms with Gasteiger partial charge in [-0.1, -0.05) is 19.4 Å². The molecule has 3 aliphatic rings. The fraction of sp³-hybridized carbons (Fsp3) is 0.800. The first-order chi connectivity index (χ1) is 8.76. The Bertz CT molecular complexity index is 479. The Hall–Kier alpha value is -0.710. The van der Waals surface area contributed by atoms with Crippen LogP contribution in [0.2, 0.25) is 0 Å². The number of hydrogen-bond acceptors (Lipinski definition) is 4. The number of ketones is 1. The van der Waals surface area contributed by atoms with E-state index in [2.05, 4.69) is 13.8 Å². The summed E-state index contributed by atoms with van der Waals surface area (Å²) in [5, 5.41) is 30.3. The third kappa shape index (κ3) is 1.37. The molecule has 0 aromatic heterocycles. The zero-order valence-corrected chi connectivity index (χ0v) is 11.7. The molecular weight excluding hydrogens is 244 g/mol. The van der Waals surface area contributed by atoms with E-state index >= 15 is 0 Å². The van der Waals surface area contributed by atoms with Crippen molar-refractivity contribution in [1.29, 1.82) is 0 Å².